The van der Waals surface area contributed by atoms with Crippen molar-refractivity contribution in [2.24, 2.45) is 5.41 Å². The minimum Gasteiger partial charge on any atom is -0.198 e. The molecule has 4 radical (unpaired) electrons. The van der Waals surface area contributed by atoms with E-state index < -0.39 is 23.2 Å². The Balaban J connectivity index is 2.88. The molecule has 0 heterocycles. The topological polar surface area (TPSA) is 23.8 Å². The number of hydrogen-bond donors (Lipinski definition) is 0. The van der Waals surface area contributed by atoms with Gasteiger partial charge in [0.2, 0.25) is 0 Å². The second-order valence-electron chi connectivity index (χ2n) is 3.46. The smallest absolute Gasteiger partial charge is 0.198 e. The van der Waals surface area contributed by atoms with Crippen molar-refractivity contribution in [2.75, 3.05) is 0 Å². The Morgan fingerprint density at radius 1 is 1.31 bits per heavy atom. The molecule has 0 aliphatic heterocycles. The first kappa shape index (κ1) is 10.5. The number of rotatable bonds is 2. The van der Waals surface area contributed by atoms with E-state index in [0.717, 1.165) is 0 Å². The summed E-state index contributed by atoms with van der Waals surface area (Å²) in [5.74, 6) is 0. The van der Waals surface area contributed by atoms with Gasteiger partial charge in [-0.3, -0.25) is 0 Å². The lowest BCUT2D eigenvalue weighted by molar-refractivity contribution is -0.191. The highest BCUT2D eigenvalue weighted by Crippen LogP contribution is 2.69. The van der Waals surface area contributed by atoms with Crippen LogP contribution in [0.5, 0.6) is 0 Å². The highest BCUT2D eigenvalue weighted by atomic mass is 19.4. The summed E-state index contributed by atoms with van der Waals surface area (Å²) < 4.78 is 37.3. The summed E-state index contributed by atoms with van der Waals surface area (Å²) in [5, 5.41) is 6.34. The summed E-state index contributed by atoms with van der Waals surface area (Å²) in [5.41, 5.74) is -2.03. The minimum atomic E-state index is -4.41. The number of halogens is 3. The molecule has 0 N–H and O–H groups in total. The van der Waals surface area contributed by atoms with Crippen molar-refractivity contribution in [3.05, 3.63) is 0 Å². The van der Waals surface area contributed by atoms with Gasteiger partial charge in [0.05, 0.1) is 27.2 Å². The Bertz CT molecular complexity index is 249. The SMILES string of the molecule is [B]C([B])(CC#N)C1(C(F)(F)F)CC1. The fraction of sp³-hybridized carbons (Fsp3) is 0.857. The van der Waals surface area contributed by atoms with Crippen LogP contribution in [0.4, 0.5) is 13.2 Å². The molecular weight excluding hydrogens is 177 g/mol. The molecule has 6 heteroatoms. The van der Waals surface area contributed by atoms with E-state index in [-0.39, 0.29) is 12.8 Å². The van der Waals surface area contributed by atoms with Crippen LogP contribution in [0.25, 0.3) is 0 Å². The molecule has 0 aromatic carbocycles. The third kappa shape index (κ3) is 1.45. The monoisotopic (exact) mass is 183 g/mol. The van der Waals surface area contributed by atoms with E-state index in [0.29, 0.717) is 0 Å². The Morgan fingerprint density at radius 2 is 1.77 bits per heavy atom. The minimum absolute atomic E-state index is 0.0782. The average molecular weight is 183 g/mol. The zero-order valence-electron chi connectivity index (χ0n) is 6.86. The lowest BCUT2D eigenvalue weighted by Gasteiger charge is -2.35. The summed E-state index contributed by atoms with van der Waals surface area (Å²) in [7, 11) is 10.6. The van der Waals surface area contributed by atoms with Crippen LogP contribution in [0.2, 0.25) is 5.21 Å². The summed E-state index contributed by atoms with van der Waals surface area (Å²) in [6.45, 7) is 0. The van der Waals surface area contributed by atoms with Gasteiger partial charge in [-0.25, -0.2) is 0 Å². The molecule has 0 atom stereocenters. The van der Waals surface area contributed by atoms with Crippen LogP contribution in [0, 0.1) is 16.7 Å². The fourth-order valence-corrected chi connectivity index (χ4v) is 1.44. The van der Waals surface area contributed by atoms with Gasteiger partial charge in [-0.05, 0) is 12.8 Å². The van der Waals surface area contributed by atoms with Crippen LogP contribution in [0.1, 0.15) is 19.3 Å². The number of nitrogens with zero attached hydrogens (tertiary/aromatic N) is 1. The summed E-state index contributed by atoms with van der Waals surface area (Å²) in [6, 6.07) is 1.58. The van der Waals surface area contributed by atoms with Gasteiger partial charge in [-0.15, -0.1) is 0 Å². The normalized spacial score (nSPS) is 20.8. The van der Waals surface area contributed by atoms with Crippen LogP contribution in [-0.4, -0.2) is 21.9 Å². The van der Waals surface area contributed by atoms with Crippen molar-refractivity contribution in [1.82, 2.24) is 0 Å². The van der Waals surface area contributed by atoms with Crippen LogP contribution in [-0.2, 0) is 0 Å². The predicted octanol–water partition coefficient (Wildman–Crippen LogP) is 1.70. The summed E-state index contributed by atoms with van der Waals surface area (Å²) in [6.07, 6.45) is -5.05. The summed E-state index contributed by atoms with van der Waals surface area (Å²) in [4.78, 5) is 0. The largest absolute Gasteiger partial charge is 0.393 e. The highest BCUT2D eigenvalue weighted by Gasteiger charge is 2.69. The molecule has 0 bridgehead atoms. The van der Waals surface area contributed by atoms with Crippen molar-refractivity contribution < 1.29 is 13.2 Å². The van der Waals surface area contributed by atoms with E-state index in [1.165, 1.54) is 0 Å². The van der Waals surface area contributed by atoms with Gasteiger partial charge in [0.1, 0.15) is 0 Å². The third-order valence-electron chi connectivity index (χ3n) is 2.56. The Hall–Kier alpha value is -0.590. The molecule has 1 saturated carbocycles. The van der Waals surface area contributed by atoms with Crippen LogP contribution in [0.3, 0.4) is 0 Å². The zero-order chi connectivity index (χ0) is 10.3. The van der Waals surface area contributed by atoms with Gasteiger partial charge in [0.25, 0.3) is 0 Å². The van der Waals surface area contributed by atoms with Gasteiger partial charge in [0.15, 0.2) is 0 Å². The van der Waals surface area contributed by atoms with Crippen molar-refractivity contribution >= 4 is 15.7 Å². The lowest BCUT2D eigenvalue weighted by Crippen LogP contribution is -2.38. The van der Waals surface area contributed by atoms with Crippen molar-refractivity contribution in [3.8, 4) is 6.07 Å². The lowest BCUT2D eigenvalue weighted by atomic mass is 9.45. The van der Waals surface area contributed by atoms with E-state index in [1.54, 1.807) is 6.07 Å². The molecule has 66 valence electrons. The van der Waals surface area contributed by atoms with Crippen molar-refractivity contribution in [1.29, 1.82) is 5.26 Å². The second-order valence-corrected chi connectivity index (χ2v) is 3.46. The molecule has 0 aromatic rings. The Morgan fingerprint density at radius 3 is 2.00 bits per heavy atom. The van der Waals surface area contributed by atoms with Crippen LogP contribution >= 0.6 is 0 Å². The van der Waals surface area contributed by atoms with Gasteiger partial charge >= 0.3 is 6.18 Å². The van der Waals surface area contributed by atoms with Gasteiger partial charge in [0, 0.05) is 6.42 Å². The first-order chi connectivity index (χ1) is 5.77. The van der Waals surface area contributed by atoms with E-state index in [1.807, 2.05) is 0 Å². The maximum atomic E-state index is 12.4. The first-order valence-electron chi connectivity index (χ1n) is 3.78. The average Bonchev–Trinajstić information content (AvgIpc) is 2.61. The van der Waals surface area contributed by atoms with Gasteiger partial charge in [-0.1, -0.05) is 5.21 Å². The molecule has 1 nitrogen and oxygen atoms in total. The summed E-state index contributed by atoms with van der Waals surface area (Å²) >= 11 is 0. The molecule has 1 aliphatic rings. The Kier molecular flexibility index (Phi) is 2.18. The van der Waals surface area contributed by atoms with E-state index in [2.05, 4.69) is 0 Å². The zero-order valence-corrected chi connectivity index (χ0v) is 6.86. The predicted molar refractivity (Wildman–Crippen MR) is 42.2 cm³/mol. The molecule has 1 aliphatic carbocycles. The van der Waals surface area contributed by atoms with Crippen LogP contribution < -0.4 is 0 Å². The van der Waals surface area contributed by atoms with Gasteiger partial charge in [-0.2, -0.15) is 18.4 Å². The molecule has 0 saturated heterocycles. The molecule has 1 rings (SSSR count). The standard InChI is InChI=1S/C7H6B2F3N/c8-6(9,3-4-13)5(1-2-5)7(10,11)12/h1-3H2. The molecule has 0 aromatic heterocycles. The fourth-order valence-electron chi connectivity index (χ4n) is 1.44. The number of alkyl halides is 3. The van der Waals surface area contributed by atoms with E-state index in [4.69, 9.17) is 21.0 Å². The number of hydrogen-bond acceptors (Lipinski definition) is 1. The van der Waals surface area contributed by atoms with E-state index >= 15 is 0 Å². The van der Waals surface area contributed by atoms with Crippen molar-refractivity contribution in [2.45, 2.75) is 30.7 Å². The molecule has 1 fully saturated rings. The number of nitriles is 1. The van der Waals surface area contributed by atoms with Crippen molar-refractivity contribution in [3.63, 3.8) is 0 Å². The first-order valence-corrected chi connectivity index (χ1v) is 3.78. The molecule has 0 unspecified atom stereocenters. The van der Waals surface area contributed by atoms with Gasteiger partial charge < -0.3 is 0 Å². The molecule has 0 amide bonds. The maximum absolute atomic E-state index is 12.4. The Labute approximate surface area is 77.1 Å². The second kappa shape index (κ2) is 2.70. The third-order valence-corrected chi connectivity index (χ3v) is 2.56. The van der Waals surface area contributed by atoms with E-state index in [9.17, 15) is 13.2 Å². The maximum Gasteiger partial charge on any atom is 0.393 e. The van der Waals surface area contributed by atoms with Crippen LogP contribution in [0.15, 0.2) is 0 Å². The quantitative estimate of drug-likeness (QED) is 0.597. The highest BCUT2D eigenvalue weighted by molar-refractivity contribution is 6.40. The molecule has 0 spiro atoms. The molecular formula is C7H6B2F3N. The molecule has 13 heavy (non-hydrogen) atoms.